The molecule has 43 heavy (non-hydrogen) atoms. The van der Waals surface area contributed by atoms with Gasteiger partial charge in [-0.3, -0.25) is 4.79 Å². The molecule has 1 atom stereocenters. The third-order valence-electron chi connectivity index (χ3n) is 8.31. The van der Waals surface area contributed by atoms with Crippen molar-refractivity contribution < 1.29 is 18.7 Å². The highest BCUT2D eigenvalue weighted by molar-refractivity contribution is 5.98. The lowest BCUT2D eigenvalue weighted by atomic mass is 9.80. The molecular formula is C33H29FN6O3. The van der Waals surface area contributed by atoms with Gasteiger partial charge in [-0.2, -0.15) is 5.10 Å². The van der Waals surface area contributed by atoms with E-state index in [1.807, 2.05) is 59.3 Å². The molecule has 0 aliphatic carbocycles. The van der Waals surface area contributed by atoms with Crippen LogP contribution >= 0.6 is 0 Å². The Hall–Kier alpha value is -5.25. The minimum atomic E-state index is -0.614. The van der Waals surface area contributed by atoms with E-state index in [1.165, 1.54) is 24.5 Å². The molecule has 1 spiro atoms. The molecule has 0 saturated carbocycles. The predicted octanol–water partition coefficient (Wildman–Crippen LogP) is 5.93. The Balaban J connectivity index is 1.29. The molecule has 5 aromatic rings. The number of nitrogens with zero attached hydrogens (tertiary/aromatic N) is 5. The third kappa shape index (κ3) is 4.84. The van der Waals surface area contributed by atoms with Crippen molar-refractivity contribution in [2.75, 3.05) is 18.8 Å². The van der Waals surface area contributed by atoms with Crippen LogP contribution in [0.4, 0.5) is 10.2 Å². The Labute approximate surface area is 247 Å². The molecule has 9 nitrogen and oxygen atoms in total. The second kappa shape index (κ2) is 10.5. The summed E-state index contributed by atoms with van der Waals surface area (Å²) in [6.07, 6.45) is 4.49. The number of nitrogens with two attached hydrogens (primary N) is 1. The van der Waals surface area contributed by atoms with Crippen LogP contribution in [0.15, 0.2) is 91.8 Å². The normalized spacial score (nSPS) is 17.3. The van der Waals surface area contributed by atoms with E-state index in [9.17, 15) is 9.18 Å². The van der Waals surface area contributed by atoms with Crippen LogP contribution in [0.3, 0.4) is 0 Å². The molecule has 2 N–H and O–H groups in total. The van der Waals surface area contributed by atoms with Gasteiger partial charge in [0.1, 0.15) is 46.5 Å². The van der Waals surface area contributed by atoms with Gasteiger partial charge < -0.3 is 20.1 Å². The number of hydrogen-bond donors (Lipinski definition) is 1. The van der Waals surface area contributed by atoms with E-state index in [2.05, 4.69) is 16.5 Å². The van der Waals surface area contributed by atoms with Crippen LogP contribution in [0.25, 0.3) is 22.3 Å². The number of carbonyl (C=O) groups is 1. The topological polar surface area (TPSA) is 108 Å². The van der Waals surface area contributed by atoms with E-state index in [0.717, 1.165) is 16.9 Å². The Bertz CT molecular complexity index is 1830. The highest BCUT2D eigenvalue weighted by Gasteiger charge is 2.45. The molecule has 0 radical (unpaired) electrons. The number of ether oxygens (including phenoxy) is 2. The van der Waals surface area contributed by atoms with E-state index in [1.54, 1.807) is 11.0 Å². The average Bonchev–Trinajstić information content (AvgIpc) is 3.42. The van der Waals surface area contributed by atoms with Crippen LogP contribution < -0.4 is 15.2 Å². The molecular weight excluding hydrogens is 547 g/mol. The maximum atomic E-state index is 14.5. The monoisotopic (exact) mass is 576 g/mol. The summed E-state index contributed by atoms with van der Waals surface area (Å²) in [7, 11) is 0. The maximum Gasteiger partial charge on any atom is 0.245 e. The van der Waals surface area contributed by atoms with Crippen molar-refractivity contribution in [2.45, 2.75) is 30.9 Å². The zero-order valence-corrected chi connectivity index (χ0v) is 23.3. The van der Waals surface area contributed by atoms with Crippen molar-refractivity contribution in [3.05, 3.63) is 103 Å². The fourth-order valence-corrected chi connectivity index (χ4v) is 6.12. The Morgan fingerprint density at radius 1 is 1.05 bits per heavy atom. The van der Waals surface area contributed by atoms with Gasteiger partial charge in [0.25, 0.3) is 0 Å². The largest absolute Gasteiger partial charge is 0.487 e. The van der Waals surface area contributed by atoms with Crippen molar-refractivity contribution in [1.82, 2.24) is 24.6 Å². The lowest BCUT2D eigenvalue weighted by Gasteiger charge is -2.46. The minimum Gasteiger partial charge on any atom is -0.487 e. The number of carbonyl (C=O) groups excluding carboxylic acids is 1. The van der Waals surface area contributed by atoms with Gasteiger partial charge in [0.2, 0.25) is 5.91 Å². The molecule has 2 aliphatic rings. The van der Waals surface area contributed by atoms with Crippen LogP contribution in [-0.2, 0) is 4.79 Å². The predicted molar refractivity (Wildman–Crippen MR) is 160 cm³/mol. The van der Waals surface area contributed by atoms with E-state index in [4.69, 9.17) is 20.3 Å². The highest BCUT2D eigenvalue weighted by atomic mass is 19.1. The molecule has 1 fully saturated rings. The molecule has 1 unspecified atom stereocenters. The zero-order chi connectivity index (χ0) is 29.6. The van der Waals surface area contributed by atoms with E-state index in [-0.39, 0.29) is 17.8 Å². The SMILES string of the molecule is C=CC(=O)N1CCC2(CC1)CC(n1nc(-c3ccc(Oc4ccccc4)cc3)c3c(N)ncnc31)c1ccc(F)cc1O2. The lowest BCUT2D eigenvalue weighted by molar-refractivity contribution is -0.130. The number of halogens is 1. The summed E-state index contributed by atoms with van der Waals surface area (Å²) in [4.78, 5) is 22.9. The molecule has 3 aromatic carbocycles. The van der Waals surface area contributed by atoms with E-state index >= 15 is 0 Å². The van der Waals surface area contributed by atoms with Crippen LogP contribution in [0.2, 0.25) is 0 Å². The number of nitrogen functional groups attached to an aromatic ring is 1. The Kier molecular flexibility index (Phi) is 6.53. The fraction of sp³-hybridized carbons (Fsp3) is 0.212. The molecule has 7 rings (SSSR count). The first kappa shape index (κ1) is 26.6. The number of piperidine rings is 1. The standard InChI is InChI=1S/C33H29FN6O3/c1-2-28(41)39-16-14-33(15-17-39)19-26(25-13-10-22(34)18-27(25)43-33)40-32-29(31(35)36-20-37-32)30(38-40)21-8-11-24(12-9-21)42-23-6-4-3-5-7-23/h2-13,18,20,26H,1,14-17,19H2,(H2,35,36,37). The van der Waals surface area contributed by atoms with Crippen molar-refractivity contribution in [1.29, 1.82) is 0 Å². The van der Waals surface area contributed by atoms with Crippen molar-refractivity contribution in [3.8, 4) is 28.5 Å². The lowest BCUT2D eigenvalue weighted by Crippen LogP contribution is -2.52. The summed E-state index contributed by atoms with van der Waals surface area (Å²) < 4.78 is 28.8. The van der Waals surface area contributed by atoms with Crippen LogP contribution in [0.1, 0.15) is 30.9 Å². The number of para-hydroxylation sites is 1. The molecule has 2 aliphatic heterocycles. The first-order valence-electron chi connectivity index (χ1n) is 14.1. The number of hydrogen-bond acceptors (Lipinski definition) is 7. The summed E-state index contributed by atoms with van der Waals surface area (Å²) >= 11 is 0. The summed E-state index contributed by atoms with van der Waals surface area (Å²) in [5, 5.41) is 5.71. The number of likely N-dealkylation sites (tertiary alicyclic amines) is 1. The second-order valence-corrected chi connectivity index (χ2v) is 10.9. The van der Waals surface area contributed by atoms with Crippen LogP contribution in [-0.4, -0.2) is 49.2 Å². The molecule has 2 aromatic heterocycles. The first-order chi connectivity index (χ1) is 20.9. The van der Waals surface area contributed by atoms with Gasteiger partial charge in [-0.15, -0.1) is 0 Å². The van der Waals surface area contributed by atoms with Gasteiger partial charge in [-0.1, -0.05) is 30.8 Å². The number of benzene rings is 3. The van der Waals surface area contributed by atoms with Crippen LogP contribution in [0, 0.1) is 5.82 Å². The van der Waals surface area contributed by atoms with Gasteiger partial charge in [-0.25, -0.2) is 19.0 Å². The van der Waals surface area contributed by atoms with Gasteiger partial charge in [0.15, 0.2) is 5.65 Å². The highest BCUT2D eigenvalue weighted by Crippen LogP contribution is 2.47. The van der Waals surface area contributed by atoms with Crippen LogP contribution in [0.5, 0.6) is 17.2 Å². The molecule has 0 bridgehead atoms. The van der Waals surface area contributed by atoms with Crippen molar-refractivity contribution in [3.63, 3.8) is 0 Å². The average molecular weight is 577 g/mol. The van der Waals surface area contributed by atoms with Crippen molar-refractivity contribution in [2.24, 2.45) is 0 Å². The fourth-order valence-electron chi connectivity index (χ4n) is 6.12. The number of fused-ring (bicyclic) bond motifs is 2. The Morgan fingerprint density at radius 3 is 2.53 bits per heavy atom. The minimum absolute atomic E-state index is 0.108. The zero-order valence-electron chi connectivity index (χ0n) is 23.3. The first-order valence-corrected chi connectivity index (χ1v) is 14.1. The number of amides is 1. The molecule has 216 valence electrons. The second-order valence-electron chi connectivity index (χ2n) is 10.9. The summed E-state index contributed by atoms with van der Waals surface area (Å²) in [5.41, 5.74) is 8.65. The Morgan fingerprint density at radius 2 is 1.79 bits per heavy atom. The van der Waals surface area contributed by atoms with Crippen molar-refractivity contribution >= 4 is 22.8 Å². The molecule has 10 heteroatoms. The molecule has 1 saturated heterocycles. The molecule has 1 amide bonds. The van der Waals surface area contributed by atoms with Gasteiger partial charge in [0, 0.05) is 49.5 Å². The quantitative estimate of drug-likeness (QED) is 0.259. The van der Waals surface area contributed by atoms with E-state index < -0.39 is 5.60 Å². The molecule has 4 heterocycles. The number of anilines is 1. The third-order valence-corrected chi connectivity index (χ3v) is 8.31. The maximum absolute atomic E-state index is 14.5. The number of aromatic nitrogens is 4. The van der Waals surface area contributed by atoms with Gasteiger partial charge in [-0.05, 0) is 48.5 Å². The van der Waals surface area contributed by atoms with E-state index in [0.29, 0.717) is 66.4 Å². The smallest absolute Gasteiger partial charge is 0.245 e. The summed E-state index contributed by atoms with van der Waals surface area (Å²) in [5.74, 6) is 1.72. The summed E-state index contributed by atoms with van der Waals surface area (Å²) in [6, 6.07) is 21.5. The number of rotatable bonds is 5. The van der Waals surface area contributed by atoms with Gasteiger partial charge in [0.05, 0.1) is 11.4 Å². The summed E-state index contributed by atoms with van der Waals surface area (Å²) in [6.45, 7) is 4.64. The van der Waals surface area contributed by atoms with Gasteiger partial charge >= 0.3 is 0 Å².